The van der Waals surface area contributed by atoms with E-state index in [4.69, 9.17) is 5.73 Å². The van der Waals surface area contributed by atoms with Crippen molar-refractivity contribution in [2.75, 3.05) is 12.4 Å². The zero-order chi connectivity index (χ0) is 19.9. The highest BCUT2D eigenvalue weighted by Crippen LogP contribution is 2.25. The van der Waals surface area contributed by atoms with E-state index in [-0.39, 0.29) is 6.17 Å². The molecule has 3 rings (SSSR count). The van der Waals surface area contributed by atoms with E-state index in [0.29, 0.717) is 0 Å². The van der Waals surface area contributed by atoms with Crippen molar-refractivity contribution >= 4 is 11.4 Å². The molecule has 0 amide bonds. The highest BCUT2D eigenvalue weighted by molar-refractivity contribution is 5.72. The fraction of sp³-hybridized carbons (Fsp3) is 0.167. The molecular formula is C24H28N4. The molecule has 144 valence electrons. The van der Waals surface area contributed by atoms with Crippen molar-refractivity contribution in [3.63, 3.8) is 0 Å². The first kappa shape index (κ1) is 19.5. The number of anilines is 1. The molecule has 0 bridgehead atoms. The molecule has 1 aliphatic rings. The van der Waals surface area contributed by atoms with Gasteiger partial charge in [-0.25, -0.2) is 0 Å². The number of benzene rings is 2. The van der Waals surface area contributed by atoms with E-state index in [9.17, 15) is 0 Å². The first-order chi connectivity index (χ1) is 13.6. The molecule has 2 aromatic carbocycles. The average molecular weight is 373 g/mol. The third-order valence-corrected chi connectivity index (χ3v) is 4.72. The van der Waals surface area contributed by atoms with E-state index in [1.165, 1.54) is 0 Å². The van der Waals surface area contributed by atoms with E-state index in [1.54, 1.807) is 0 Å². The molecule has 0 radical (unpaired) electrons. The molecule has 0 saturated heterocycles. The van der Waals surface area contributed by atoms with Crippen LogP contribution in [0, 0.1) is 0 Å². The maximum Gasteiger partial charge on any atom is 0.104 e. The van der Waals surface area contributed by atoms with Crippen molar-refractivity contribution in [2.45, 2.75) is 19.5 Å². The standard InChI is InChI=1S/C24H28N4/c1-4-7-23(25)20-9-5-8-19(16-20)18-11-13-21(14-12-18)28-17(2)22-10-6-15-27-24(22)26-3/h5-16,24,26-28H,2,4,25H2,1,3H3/b23-7+. The molecule has 0 aromatic heterocycles. The number of rotatable bonds is 7. The molecule has 1 unspecified atom stereocenters. The lowest BCUT2D eigenvalue weighted by atomic mass is 10.0. The largest absolute Gasteiger partial charge is 0.399 e. The second-order valence-electron chi connectivity index (χ2n) is 6.70. The van der Waals surface area contributed by atoms with Crippen LogP contribution in [0.25, 0.3) is 16.8 Å². The predicted molar refractivity (Wildman–Crippen MR) is 120 cm³/mol. The lowest BCUT2D eigenvalue weighted by Gasteiger charge is -2.25. The maximum atomic E-state index is 6.15. The Morgan fingerprint density at radius 1 is 1.18 bits per heavy atom. The van der Waals surface area contributed by atoms with Gasteiger partial charge in [0.05, 0.1) is 0 Å². The summed E-state index contributed by atoms with van der Waals surface area (Å²) in [5.74, 6) is 0. The zero-order valence-corrected chi connectivity index (χ0v) is 16.5. The summed E-state index contributed by atoms with van der Waals surface area (Å²) in [6.45, 7) is 6.28. The summed E-state index contributed by atoms with van der Waals surface area (Å²) in [4.78, 5) is 0. The third-order valence-electron chi connectivity index (χ3n) is 4.72. The second-order valence-corrected chi connectivity index (χ2v) is 6.70. The molecule has 0 fully saturated rings. The monoisotopic (exact) mass is 372 g/mol. The fourth-order valence-corrected chi connectivity index (χ4v) is 3.21. The average Bonchev–Trinajstić information content (AvgIpc) is 2.74. The molecule has 0 aliphatic carbocycles. The lowest BCUT2D eigenvalue weighted by molar-refractivity contribution is 0.582. The summed E-state index contributed by atoms with van der Waals surface area (Å²) >= 11 is 0. The normalized spacial score (nSPS) is 16.3. The molecule has 1 heterocycles. The number of likely N-dealkylation sites (N-methyl/N-ethyl adjacent to an activating group) is 1. The van der Waals surface area contributed by atoms with E-state index in [2.05, 4.69) is 71.9 Å². The second kappa shape index (κ2) is 9.11. The van der Waals surface area contributed by atoms with Crippen molar-refractivity contribution in [1.29, 1.82) is 0 Å². The van der Waals surface area contributed by atoms with Crippen molar-refractivity contribution in [3.8, 4) is 11.1 Å². The first-order valence-electron chi connectivity index (χ1n) is 9.55. The highest BCUT2D eigenvalue weighted by atomic mass is 15.1. The van der Waals surface area contributed by atoms with Crippen LogP contribution < -0.4 is 21.7 Å². The van der Waals surface area contributed by atoms with Gasteiger partial charge in [0.25, 0.3) is 0 Å². The quantitative estimate of drug-likeness (QED) is 0.575. The Morgan fingerprint density at radius 3 is 2.68 bits per heavy atom. The molecule has 28 heavy (non-hydrogen) atoms. The van der Waals surface area contributed by atoms with Crippen molar-refractivity contribution in [3.05, 3.63) is 96.4 Å². The van der Waals surface area contributed by atoms with Crippen molar-refractivity contribution in [2.24, 2.45) is 5.73 Å². The van der Waals surface area contributed by atoms with Gasteiger partial charge in [-0.2, -0.15) is 0 Å². The fourth-order valence-electron chi connectivity index (χ4n) is 3.21. The Morgan fingerprint density at radius 2 is 1.96 bits per heavy atom. The minimum absolute atomic E-state index is 0.0497. The number of nitrogens with one attached hydrogen (secondary N) is 3. The molecule has 1 aliphatic heterocycles. The highest BCUT2D eigenvalue weighted by Gasteiger charge is 2.15. The Bertz CT molecular complexity index is 920. The minimum Gasteiger partial charge on any atom is -0.399 e. The first-order valence-corrected chi connectivity index (χ1v) is 9.55. The molecule has 5 N–H and O–H groups in total. The van der Waals surface area contributed by atoms with Gasteiger partial charge in [0.2, 0.25) is 0 Å². The molecule has 1 atom stereocenters. The SMILES string of the molecule is C=C(Nc1ccc(-c2cccc(/C(N)=C\CC)c2)cc1)C1=CC=CNC1NC. The number of hydrogen-bond acceptors (Lipinski definition) is 4. The Kier molecular flexibility index (Phi) is 6.35. The number of nitrogens with two attached hydrogens (primary N) is 1. The van der Waals surface area contributed by atoms with Crippen LogP contribution in [0.5, 0.6) is 0 Å². The Balaban J connectivity index is 1.74. The molecule has 0 saturated carbocycles. The summed E-state index contributed by atoms with van der Waals surface area (Å²) in [7, 11) is 1.92. The Hall–Kier alpha value is -3.24. The summed E-state index contributed by atoms with van der Waals surface area (Å²) in [6, 6.07) is 16.7. The van der Waals surface area contributed by atoms with Gasteiger partial charge >= 0.3 is 0 Å². The molecular weight excluding hydrogens is 344 g/mol. The van der Waals surface area contributed by atoms with Crippen LogP contribution in [-0.2, 0) is 0 Å². The van der Waals surface area contributed by atoms with E-state index < -0.39 is 0 Å². The number of dihydropyridines is 1. The van der Waals surface area contributed by atoms with Crippen LogP contribution in [0.2, 0.25) is 0 Å². The van der Waals surface area contributed by atoms with Gasteiger partial charge in [0.1, 0.15) is 6.17 Å². The molecule has 4 heteroatoms. The number of allylic oxidation sites excluding steroid dienone is 3. The van der Waals surface area contributed by atoms with Gasteiger partial charge in [-0.05, 0) is 60.6 Å². The van der Waals surface area contributed by atoms with Crippen LogP contribution in [0.4, 0.5) is 5.69 Å². The summed E-state index contributed by atoms with van der Waals surface area (Å²) in [5.41, 5.74) is 13.3. The number of hydrogen-bond donors (Lipinski definition) is 4. The Labute approximate surface area is 167 Å². The maximum absolute atomic E-state index is 6.15. The molecule has 2 aromatic rings. The van der Waals surface area contributed by atoms with E-state index >= 15 is 0 Å². The van der Waals surface area contributed by atoms with Gasteiger partial charge in [0.15, 0.2) is 0 Å². The van der Waals surface area contributed by atoms with Crippen LogP contribution in [0.15, 0.2) is 90.8 Å². The van der Waals surface area contributed by atoms with Crippen LogP contribution in [0.3, 0.4) is 0 Å². The van der Waals surface area contributed by atoms with E-state index in [1.807, 2.05) is 37.5 Å². The van der Waals surface area contributed by atoms with Crippen LogP contribution in [-0.4, -0.2) is 13.2 Å². The zero-order valence-electron chi connectivity index (χ0n) is 16.5. The van der Waals surface area contributed by atoms with E-state index in [0.717, 1.165) is 45.8 Å². The van der Waals surface area contributed by atoms with Crippen LogP contribution >= 0.6 is 0 Å². The summed E-state index contributed by atoms with van der Waals surface area (Å²) in [5, 5.41) is 9.89. The van der Waals surface area contributed by atoms with Crippen LogP contribution in [0.1, 0.15) is 18.9 Å². The summed E-state index contributed by atoms with van der Waals surface area (Å²) < 4.78 is 0. The summed E-state index contributed by atoms with van der Waals surface area (Å²) in [6.07, 6.45) is 8.97. The molecule has 0 spiro atoms. The van der Waals surface area contributed by atoms with Gasteiger partial charge in [-0.15, -0.1) is 0 Å². The van der Waals surface area contributed by atoms with Gasteiger partial charge in [-0.1, -0.05) is 56.0 Å². The van der Waals surface area contributed by atoms with Crippen molar-refractivity contribution in [1.82, 2.24) is 10.6 Å². The van der Waals surface area contributed by atoms with Crippen molar-refractivity contribution < 1.29 is 0 Å². The van der Waals surface area contributed by atoms with Gasteiger partial charge in [-0.3, -0.25) is 5.32 Å². The molecule has 4 nitrogen and oxygen atoms in total. The minimum atomic E-state index is 0.0497. The lowest BCUT2D eigenvalue weighted by Crippen LogP contribution is -2.41. The predicted octanol–water partition coefficient (Wildman–Crippen LogP) is 4.58. The van der Waals surface area contributed by atoms with Gasteiger partial charge < -0.3 is 16.4 Å². The third kappa shape index (κ3) is 4.53. The van der Waals surface area contributed by atoms with Gasteiger partial charge in [0, 0.05) is 22.7 Å². The topological polar surface area (TPSA) is 62.1 Å². The smallest absolute Gasteiger partial charge is 0.104 e.